The zero-order chi connectivity index (χ0) is 16.1. The minimum atomic E-state index is -0.907. The number of likely N-dealkylation sites (tertiary alicyclic amines) is 1. The minimum Gasteiger partial charge on any atom is -0.481 e. The number of carbonyl (C=O) groups is 2. The molecule has 1 heterocycles. The van der Waals surface area contributed by atoms with Gasteiger partial charge in [-0.15, -0.1) is 0 Å². The van der Waals surface area contributed by atoms with Gasteiger partial charge in [0, 0.05) is 19.0 Å². The Kier molecular flexibility index (Phi) is 3.42. The minimum absolute atomic E-state index is 0.0836. The first kappa shape index (κ1) is 14.9. The third-order valence-electron chi connectivity index (χ3n) is 4.78. The van der Waals surface area contributed by atoms with Crippen molar-refractivity contribution >= 4 is 11.9 Å². The number of hydrogen-bond donors (Lipinski definition) is 1. The standard InChI is InChI=1S/C16H17F2NO3/c1-16(15(21)22)4-5-19(8-16)14(20)11-7-10(11)9-2-3-12(17)13(18)6-9/h2-3,6,10-11H,4-5,7-8H2,1H3,(H,21,22). The van der Waals surface area contributed by atoms with Crippen molar-refractivity contribution in [3.05, 3.63) is 35.4 Å². The molecule has 4 nitrogen and oxygen atoms in total. The van der Waals surface area contributed by atoms with Gasteiger partial charge >= 0.3 is 5.97 Å². The number of carbonyl (C=O) groups excluding carboxylic acids is 1. The molecule has 3 rings (SSSR count). The number of carboxylic acid groups (broad SMARTS) is 1. The van der Waals surface area contributed by atoms with Crippen molar-refractivity contribution in [2.24, 2.45) is 11.3 Å². The Morgan fingerprint density at radius 3 is 2.64 bits per heavy atom. The molecule has 118 valence electrons. The summed E-state index contributed by atoms with van der Waals surface area (Å²) in [6, 6.07) is 3.71. The number of rotatable bonds is 3. The quantitative estimate of drug-likeness (QED) is 0.932. The molecular formula is C16H17F2NO3. The third-order valence-corrected chi connectivity index (χ3v) is 4.78. The Balaban J connectivity index is 1.66. The second kappa shape index (κ2) is 5.04. The summed E-state index contributed by atoms with van der Waals surface area (Å²) in [6.07, 6.45) is 1.04. The van der Waals surface area contributed by atoms with Crippen LogP contribution in [0.3, 0.4) is 0 Å². The van der Waals surface area contributed by atoms with E-state index in [1.54, 1.807) is 11.8 Å². The summed E-state index contributed by atoms with van der Waals surface area (Å²) in [4.78, 5) is 25.2. The van der Waals surface area contributed by atoms with Crippen LogP contribution in [-0.2, 0) is 9.59 Å². The molecule has 3 atom stereocenters. The van der Waals surface area contributed by atoms with Crippen LogP contribution in [0.25, 0.3) is 0 Å². The van der Waals surface area contributed by atoms with Crippen molar-refractivity contribution in [1.82, 2.24) is 4.90 Å². The fourth-order valence-corrected chi connectivity index (χ4v) is 3.14. The van der Waals surface area contributed by atoms with Gasteiger partial charge in [0.25, 0.3) is 0 Å². The van der Waals surface area contributed by atoms with Crippen LogP contribution in [-0.4, -0.2) is 35.0 Å². The number of nitrogens with zero attached hydrogens (tertiary/aromatic N) is 1. The maximum Gasteiger partial charge on any atom is 0.311 e. The van der Waals surface area contributed by atoms with Gasteiger partial charge in [-0.05, 0) is 43.4 Å². The highest BCUT2D eigenvalue weighted by Crippen LogP contribution is 2.49. The van der Waals surface area contributed by atoms with Crippen LogP contribution in [0.5, 0.6) is 0 Å². The highest BCUT2D eigenvalue weighted by Gasteiger charge is 2.50. The number of aliphatic carboxylic acids is 1. The molecule has 1 saturated heterocycles. The first-order valence-electron chi connectivity index (χ1n) is 7.29. The van der Waals surface area contributed by atoms with E-state index in [1.807, 2.05) is 0 Å². The molecule has 2 fully saturated rings. The van der Waals surface area contributed by atoms with Crippen molar-refractivity contribution in [2.75, 3.05) is 13.1 Å². The van der Waals surface area contributed by atoms with E-state index in [0.717, 1.165) is 12.1 Å². The molecule has 1 aliphatic heterocycles. The zero-order valence-corrected chi connectivity index (χ0v) is 12.2. The topological polar surface area (TPSA) is 57.6 Å². The molecule has 0 radical (unpaired) electrons. The molecule has 1 aromatic carbocycles. The molecule has 22 heavy (non-hydrogen) atoms. The van der Waals surface area contributed by atoms with Gasteiger partial charge in [0.15, 0.2) is 11.6 Å². The molecule has 6 heteroatoms. The lowest BCUT2D eigenvalue weighted by molar-refractivity contribution is -0.147. The normalized spacial score (nSPS) is 30.4. The highest BCUT2D eigenvalue weighted by molar-refractivity contribution is 5.85. The molecule has 0 aromatic heterocycles. The Bertz CT molecular complexity index is 648. The highest BCUT2D eigenvalue weighted by atomic mass is 19.2. The van der Waals surface area contributed by atoms with E-state index in [-0.39, 0.29) is 24.3 Å². The van der Waals surface area contributed by atoms with E-state index in [0.29, 0.717) is 24.9 Å². The molecule has 1 amide bonds. The fraction of sp³-hybridized carbons (Fsp3) is 0.500. The molecular weight excluding hydrogens is 292 g/mol. The number of carboxylic acids is 1. The van der Waals surface area contributed by atoms with Crippen LogP contribution < -0.4 is 0 Å². The Hall–Kier alpha value is -1.98. The van der Waals surface area contributed by atoms with Gasteiger partial charge in [0.1, 0.15) is 0 Å². The van der Waals surface area contributed by atoms with Gasteiger partial charge in [-0.2, -0.15) is 0 Å². The van der Waals surface area contributed by atoms with E-state index in [9.17, 15) is 23.5 Å². The molecule has 0 spiro atoms. The predicted octanol–water partition coefficient (Wildman–Crippen LogP) is 2.39. The van der Waals surface area contributed by atoms with E-state index in [1.165, 1.54) is 6.07 Å². The summed E-state index contributed by atoms with van der Waals surface area (Å²) in [5.41, 5.74) is -0.264. The van der Waals surface area contributed by atoms with Crippen LogP contribution in [0, 0.1) is 23.0 Å². The third kappa shape index (κ3) is 2.46. The second-order valence-corrected chi connectivity index (χ2v) is 6.50. The molecule has 1 saturated carbocycles. The van der Waals surface area contributed by atoms with Gasteiger partial charge in [-0.1, -0.05) is 6.07 Å². The van der Waals surface area contributed by atoms with Crippen LogP contribution in [0.4, 0.5) is 8.78 Å². The smallest absolute Gasteiger partial charge is 0.311 e. The lowest BCUT2D eigenvalue weighted by Crippen LogP contribution is -2.35. The summed E-state index contributed by atoms with van der Waals surface area (Å²) in [5.74, 6) is -3.13. The SMILES string of the molecule is CC1(C(=O)O)CCN(C(=O)C2CC2c2ccc(F)c(F)c2)C1. The molecule has 1 aromatic rings. The molecule has 2 aliphatic rings. The Morgan fingerprint density at radius 1 is 1.32 bits per heavy atom. The van der Waals surface area contributed by atoms with Gasteiger partial charge in [-0.3, -0.25) is 9.59 Å². The van der Waals surface area contributed by atoms with Gasteiger partial charge < -0.3 is 10.0 Å². The summed E-state index contributed by atoms with van der Waals surface area (Å²) in [6.45, 7) is 2.28. The van der Waals surface area contributed by atoms with Gasteiger partial charge in [0.05, 0.1) is 5.41 Å². The van der Waals surface area contributed by atoms with Crippen LogP contribution in [0.15, 0.2) is 18.2 Å². The largest absolute Gasteiger partial charge is 0.481 e. The summed E-state index contributed by atoms with van der Waals surface area (Å²) in [5, 5.41) is 9.20. The van der Waals surface area contributed by atoms with E-state index in [4.69, 9.17) is 0 Å². The molecule has 0 bridgehead atoms. The first-order valence-corrected chi connectivity index (χ1v) is 7.29. The molecule has 1 aliphatic carbocycles. The summed E-state index contributed by atoms with van der Waals surface area (Å²) < 4.78 is 26.2. The second-order valence-electron chi connectivity index (χ2n) is 6.50. The van der Waals surface area contributed by atoms with Gasteiger partial charge in [-0.25, -0.2) is 8.78 Å². The van der Waals surface area contributed by atoms with Crippen LogP contribution >= 0.6 is 0 Å². The van der Waals surface area contributed by atoms with E-state index in [2.05, 4.69) is 0 Å². The average molecular weight is 309 g/mol. The predicted molar refractivity (Wildman–Crippen MR) is 74.1 cm³/mol. The lowest BCUT2D eigenvalue weighted by atomic mass is 9.90. The van der Waals surface area contributed by atoms with Crippen LogP contribution in [0.1, 0.15) is 31.2 Å². The van der Waals surface area contributed by atoms with Crippen molar-refractivity contribution in [2.45, 2.75) is 25.7 Å². The maximum atomic E-state index is 13.3. The fourth-order valence-electron chi connectivity index (χ4n) is 3.14. The van der Waals surface area contributed by atoms with E-state index < -0.39 is 23.0 Å². The molecule has 1 N–H and O–H groups in total. The lowest BCUT2D eigenvalue weighted by Gasteiger charge is -2.20. The summed E-state index contributed by atoms with van der Waals surface area (Å²) in [7, 11) is 0. The Morgan fingerprint density at radius 2 is 2.05 bits per heavy atom. The Labute approximate surface area is 126 Å². The van der Waals surface area contributed by atoms with Crippen LogP contribution in [0.2, 0.25) is 0 Å². The van der Waals surface area contributed by atoms with E-state index >= 15 is 0 Å². The van der Waals surface area contributed by atoms with Crippen molar-refractivity contribution in [3.63, 3.8) is 0 Å². The zero-order valence-electron chi connectivity index (χ0n) is 12.2. The maximum absolute atomic E-state index is 13.3. The first-order chi connectivity index (χ1) is 10.3. The van der Waals surface area contributed by atoms with Gasteiger partial charge in [0.2, 0.25) is 5.91 Å². The number of benzene rings is 1. The average Bonchev–Trinajstić information content (AvgIpc) is 3.16. The molecule has 3 unspecified atom stereocenters. The van der Waals surface area contributed by atoms with Crippen molar-refractivity contribution < 1.29 is 23.5 Å². The van der Waals surface area contributed by atoms with Crippen molar-refractivity contribution in [1.29, 1.82) is 0 Å². The number of amides is 1. The van der Waals surface area contributed by atoms with Crippen molar-refractivity contribution in [3.8, 4) is 0 Å². The number of hydrogen-bond acceptors (Lipinski definition) is 2. The summed E-state index contributed by atoms with van der Waals surface area (Å²) >= 11 is 0. The monoisotopic (exact) mass is 309 g/mol. The number of halogens is 2.